The summed E-state index contributed by atoms with van der Waals surface area (Å²) in [7, 11) is 3.33. The summed E-state index contributed by atoms with van der Waals surface area (Å²) in [6, 6.07) is -0.590. The largest absolute Gasteiger partial charge is 0.370 e. The van der Waals surface area contributed by atoms with E-state index in [1.54, 1.807) is 19.0 Å². The van der Waals surface area contributed by atoms with Crippen LogP contribution in [0.4, 0.5) is 0 Å². The van der Waals surface area contributed by atoms with Gasteiger partial charge in [-0.05, 0) is 14.1 Å². The van der Waals surface area contributed by atoms with Crippen molar-refractivity contribution in [3.8, 4) is 0 Å². The summed E-state index contributed by atoms with van der Waals surface area (Å²) in [4.78, 5) is 22.6. The molecule has 0 aliphatic heterocycles. The average molecular weight is 159 g/mol. The van der Waals surface area contributed by atoms with Crippen LogP contribution in [0.15, 0.2) is 0 Å². The highest BCUT2D eigenvalue weighted by atomic mass is 16.2. The van der Waals surface area contributed by atoms with Crippen LogP contribution < -0.4 is 11.5 Å². The van der Waals surface area contributed by atoms with Gasteiger partial charge in [0.25, 0.3) is 0 Å². The number of rotatable bonds is 4. The Labute approximate surface area is 65.3 Å². The van der Waals surface area contributed by atoms with Gasteiger partial charge in [-0.1, -0.05) is 0 Å². The number of amides is 2. The second-order valence-electron chi connectivity index (χ2n) is 2.55. The molecule has 0 saturated carbocycles. The minimum atomic E-state index is -0.590. The van der Waals surface area contributed by atoms with Gasteiger partial charge in [0, 0.05) is 0 Å². The van der Waals surface area contributed by atoms with Gasteiger partial charge in [0.05, 0.1) is 12.5 Å². The van der Waals surface area contributed by atoms with Crippen LogP contribution >= 0.6 is 0 Å². The smallest absolute Gasteiger partial charge is 0.235 e. The first-order chi connectivity index (χ1) is 4.95. The summed E-state index contributed by atoms with van der Waals surface area (Å²) in [6.07, 6.45) is -0.0255. The monoisotopic (exact) mass is 159 g/mol. The first-order valence-electron chi connectivity index (χ1n) is 3.19. The van der Waals surface area contributed by atoms with Crippen molar-refractivity contribution in [1.82, 2.24) is 4.90 Å². The lowest BCUT2D eigenvalue weighted by Crippen LogP contribution is -2.43. The minimum absolute atomic E-state index is 0.0255. The predicted octanol–water partition coefficient (Wildman–Crippen LogP) is -1.72. The standard InChI is InChI=1S/C6H13N3O2/c1-9(2)4(6(8)11)3-5(7)10/h4H,3H2,1-2H3,(H2,7,10)(H2,8,11). The second-order valence-corrected chi connectivity index (χ2v) is 2.55. The van der Waals surface area contributed by atoms with Crippen LogP contribution in [0.25, 0.3) is 0 Å². The molecule has 0 rings (SSSR count). The Morgan fingerprint density at radius 3 is 1.91 bits per heavy atom. The van der Waals surface area contributed by atoms with Gasteiger partial charge in [-0.2, -0.15) is 0 Å². The number of carbonyl (C=O) groups is 2. The zero-order valence-corrected chi connectivity index (χ0v) is 6.70. The molecule has 5 nitrogen and oxygen atoms in total. The SMILES string of the molecule is CN(C)C(CC(N)=O)C(N)=O. The van der Waals surface area contributed by atoms with Crippen molar-refractivity contribution in [2.75, 3.05) is 14.1 Å². The fraction of sp³-hybridized carbons (Fsp3) is 0.667. The van der Waals surface area contributed by atoms with Crippen molar-refractivity contribution in [3.63, 3.8) is 0 Å². The summed E-state index contributed by atoms with van der Waals surface area (Å²) in [5, 5.41) is 0. The van der Waals surface area contributed by atoms with Gasteiger partial charge in [0.15, 0.2) is 0 Å². The van der Waals surface area contributed by atoms with Crippen LogP contribution in [0.2, 0.25) is 0 Å². The number of hydrogen-bond donors (Lipinski definition) is 2. The summed E-state index contributed by atoms with van der Waals surface area (Å²) in [6.45, 7) is 0. The molecule has 5 heteroatoms. The first-order valence-corrected chi connectivity index (χ1v) is 3.19. The third-order valence-electron chi connectivity index (χ3n) is 1.35. The highest BCUT2D eigenvalue weighted by molar-refractivity contribution is 5.86. The van der Waals surface area contributed by atoms with Gasteiger partial charge in [-0.3, -0.25) is 14.5 Å². The van der Waals surface area contributed by atoms with E-state index in [2.05, 4.69) is 0 Å². The van der Waals surface area contributed by atoms with Gasteiger partial charge in [0.1, 0.15) is 0 Å². The van der Waals surface area contributed by atoms with E-state index in [0.717, 1.165) is 0 Å². The van der Waals surface area contributed by atoms with E-state index < -0.39 is 17.9 Å². The number of primary amides is 2. The molecule has 0 heterocycles. The van der Waals surface area contributed by atoms with Crippen molar-refractivity contribution in [2.24, 2.45) is 11.5 Å². The predicted molar refractivity (Wildman–Crippen MR) is 40.5 cm³/mol. The topological polar surface area (TPSA) is 89.4 Å². The number of hydrogen-bond acceptors (Lipinski definition) is 3. The highest BCUT2D eigenvalue weighted by Gasteiger charge is 2.19. The van der Waals surface area contributed by atoms with Gasteiger partial charge in [-0.25, -0.2) is 0 Å². The van der Waals surface area contributed by atoms with Crippen LogP contribution in [0, 0.1) is 0 Å². The summed E-state index contributed by atoms with van der Waals surface area (Å²) in [5.41, 5.74) is 9.89. The fourth-order valence-corrected chi connectivity index (χ4v) is 0.728. The molecule has 1 unspecified atom stereocenters. The average Bonchev–Trinajstić information content (AvgIpc) is 1.81. The third kappa shape index (κ3) is 3.57. The molecule has 1 atom stereocenters. The lowest BCUT2D eigenvalue weighted by Gasteiger charge is -2.18. The molecule has 0 aromatic rings. The van der Waals surface area contributed by atoms with E-state index in [4.69, 9.17) is 11.5 Å². The lowest BCUT2D eigenvalue weighted by molar-refractivity contribution is -0.127. The van der Waals surface area contributed by atoms with Crippen LogP contribution in [-0.4, -0.2) is 36.9 Å². The van der Waals surface area contributed by atoms with Crippen LogP contribution in [0.1, 0.15) is 6.42 Å². The van der Waals surface area contributed by atoms with E-state index >= 15 is 0 Å². The Morgan fingerprint density at radius 2 is 1.82 bits per heavy atom. The molecule has 4 N–H and O–H groups in total. The Bertz CT molecular complexity index is 167. The van der Waals surface area contributed by atoms with Crippen molar-refractivity contribution >= 4 is 11.8 Å². The summed E-state index contributed by atoms with van der Waals surface area (Å²) < 4.78 is 0. The van der Waals surface area contributed by atoms with Gasteiger partial charge in [0.2, 0.25) is 11.8 Å². The zero-order chi connectivity index (χ0) is 9.02. The van der Waals surface area contributed by atoms with E-state index in [1.807, 2.05) is 0 Å². The van der Waals surface area contributed by atoms with Crippen molar-refractivity contribution in [2.45, 2.75) is 12.5 Å². The second kappa shape index (κ2) is 3.92. The first kappa shape index (κ1) is 9.90. The van der Waals surface area contributed by atoms with Gasteiger partial charge >= 0.3 is 0 Å². The molecule has 0 fully saturated rings. The van der Waals surface area contributed by atoms with Crippen molar-refractivity contribution in [1.29, 1.82) is 0 Å². The Kier molecular flexibility index (Phi) is 3.53. The van der Waals surface area contributed by atoms with E-state index in [-0.39, 0.29) is 6.42 Å². The van der Waals surface area contributed by atoms with Crippen LogP contribution in [-0.2, 0) is 9.59 Å². The third-order valence-corrected chi connectivity index (χ3v) is 1.35. The van der Waals surface area contributed by atoms with Crippen molar-refractivity contribution in [3.05, 3.63) is 0 Å². The van der Waals surface area contributed by atoms with Crippen LogP contribution in [0.3, 0.4) is 0 Å². The molecule has 0 aliphatic carbocycles. The normalized spacial score (nSPS) is 13.0. The molecular weight excluding hydrogens is 146 g/mol. The molecule has 0 aliphatic rings. The molecule has 2 amide bonds. The van der Waals surface area contributed by atoms with E-state index in [0.29, 0.717) is 0 Å². The maximum atomic E-state index is 10.6. The zero-order valence-electron chi connectivity index (χ0n) is 6.70. The Hall–Kier alpha value is -1.10. The number of likely N-dealkylation sites (N-methyl/N-ethyl adjacent to an activating group) is 1. The van der Waals surface area contributed by atoms with Gasteiger partial charge < -0.3 is 11.5 Å². The molecule has 0 bridgehead atoms. The van der Waals surface area contributed by atoms with Gasteiger partial charge in [-0.15, -0.1) is 0 Å². The quantitative estimate of drug-likeness (QED) is 0.511. The minimum Gasteiger partial charge on any atom is -0.370 e. The maximum absolute atomic E-state index is 10.6. The fourth-order valence-electron chi connectivity index (χ4n) is 0.728. The van der Waals surface area contributed by atoms with E-state index in [9.17, 15) is 9.59 Å². The summed E-state index contributed by atoms with van der Waals surface area (Å²) in [5.74, 6) is -1.06. The molecule has 0 saturated heterocycles. The Balaban J connectivity index is 4.12. The molecule has 0 aromatic carbocycles. The van der Waals surface area contributed by atoms with Crippen LogP contribution in [0.5, 0.6) is 0 Å². The molecule has 0 aromatic heterocycles. The summed E-state index contributed by atoms with van der Waals surface area (Å²) >= 11 is 0. The maximum Gasteiger partial charge on any atom is 0.235 e. The molecule has 0 spiro atoms. The molecule has 0 radical (unpaired) electrons. The molecule has 64 valence electrons. The van der Waals surface area contributed by atoms with Crippen molar-refractivity contribution < 1.29 is 9.59 Å². The number of nitrogens with zero attached hydrogens (tertiary/aromatic N) is 1. The van der Waals surface area contributed by atoms with E-state index in [1.165, 1.54) is 0 Å². The number of carbonyl (C=O) groups excluding carboxylic acids is 2. The molecular formula is C6H13N3O2. The Morgan fingerprint density at radius 1 is 1.36 bits per heavy atom. The highest BCUT2D eigenvalue weighted by Crippen LogP contribution is 1.96. The molecule has 11 heavy (non-hydrogen) atoms. The lowest BCUT2D eigenvalue weighted by atomic mass is 10.2. The number of nitrogens with two attached hydrogens (primary N) is 2.